The molecule has 106 valence electrons. The molecule has 6 heteroatoms. The molecule has 1 N–H and O–H groups in total. The molecule has 0 aliphatic carbocycles. The smallest absolute Gasteiger partial charge is 0.243 e. The SMILES string of the molecule is Cc1ccc(F)cc1S(=O)(=O)N1CCNC(C)(C)C1. The zero-order valence-electron chi connectivity index (χ0n) is 11.4. The van der Waals surface area contributed by atoms with Crippen LogP contribution in [0.4, 0.5) is 4.39 Å². The molecule has 0 bridgehead atoms. The van der Waals surface area contributed by atoms with Gasteiger partial charge in [-0.2, -0.15) is 4.31 Å². The molecule has 19 heavy (non-hydrogen) atoms. The number of piperazine rings is 1. The average molecular weight is 286 g/mol. The quantitative estimate of drug-likeness (QED) is 0.896. The summed E-state index contributed by atoms with van der Waals surface area (Å²) in [6.07, 6.45) is 0. The van der Waals surface area contributed by atoms with Gasteiger partial charge in [0.05, 0.1) is 4.90 Å². The normalized spacial score (nSPS) is 20.4. The summed E-state index contributed by atoms with van der Waals surface area (Å²) in [7, 11) is -3.63. The van der Waals surface area contributed by atoms with Gasteiger partial charge in [0.25, 0.3) is 0 Å². The predicted molar refractivity (Wildman–Crippen MR) is 72.0 cm³/mol. The van der Waals surface area contributed by atoms with Gasteiger partial charge in [0, 0.05) is 25.2 Å². The number of rotatable bonds is 2. The highest BCUT2D eigenvalue weighted by atomic mass is 32.2. The Kier molecular flexibility index (Phi) is 3.68. The minimum absolute atomic E-state index is 0.0604. The molecule has 0 amide bonds. The summed E-state index contributed by atoms with van der Waals surface area (Å²) in [5, 5.41) is 3.26. The summed E-state index contributed by atoms with van der Waals surface area (Å²) in [4.78, 5) is 0.0604. The number of benzene rings is 1. The molecular weight excluding hydrogens is 267 g/mol. The Morgan fingerprint density at radius 1 is 1.37 bits per heavy atom. The summed E-state index contributed by atoms with van der Waals surface area (Å²) < 4.78 is 39.9. The molecule has 1 aromatic carbocycles. The van der Waals surface area contributed by atoms with Crippen LogP contribution in [0.1, 0.15) is 19.4 Å². The molecule has 1 saturated heterocycles. The molecule has 1 aliphatic heterocycles. The second kappa shape index (κ2) is 4.85. The third-order valence-electron chi connectivity index (χ3n) is 3.30. The number of nitrogens with one attached hydrogen (secondary N) is 1. The Bertz CT molecular complexity index is 584. The maximum atomic E-state index is 13.3. The van der Waals surface area contributed by atoms with Crippen LogP contribution in [0, 0.1) is 12.7 Å². The van der Waals surface area contributed by atoms with Gasteiger partial charge < -0.3 is 5.32 Å². The first-order valence-electron chi connectivity index (χ1n) is 6.24. The maximum Gasteiger partial charge on any atom is 0.243 e. The van der Waals surface area contributed by atoms with E-state index in [9.17, 15) is 12.8 Å². The zero-order chi connectivity index (χ0) is 14.3. The van der Waals surface area contributed by atoms with E-state index >= 15 is 0 Å². The van der Waals surface area contributed by atoms with Gasteiger partial charge in [-0.3, -0.25) is 0 Å². The van der Waals surface area contributed by atoms with Crippen molar-refractivity contribution in [1.29, 1.82) is 0 Å². The number of aryl methyl sites for hydroxylation is 1. The van der Waals surface area contributed by atoms with Crippen LogP contribution < -0.4 is 5.32 Å². The molecule has 4 nitrogen and oxygen atoms in total. The van der Waals surface area contributed by atoms with E-state index in [-0.39, 0.29) is 10.4 Å². The van der Waals surface area contributed by atoms with E-state index in [2.05, 4.69) is 5.32 Å². The van der Waals surface area contributed by atoms with Crippen molar-refractivity contribution in [1.82, 2.24) is 9.62 Å². The molecule has 1 aliphatic rings. The number of sulfonamides is 1. The van der Waals surface area contributed by atoms with Gasteiger partial charge in [0.2, 0.25) is 10.0 Å². The topological polar surface area (TPSA) is 49.4 Å². The Morgan fingerprint density at radius 3 is 2.68 bits per heavy atom. The molecule has 0 radical (unpaired) electrons. The lowest BCUT2D eigenvalue weighted by Crippen LogP contribution is -2.58. The van der Waals surface area contributed by atoms with Crippen molar-refractivity contribution in [3.8, 4) is 0 Å². The molecule has 0 atom stereocenters. The highest BCUT2D eigenvalue weighted by molar-refractivity contribution is 7.89. The fourth-order valence-electron chi connectivity index (χ4n) is 2.29. The third-order valence-corrected chi connectivity index (χ3v) is 5.29. The second-order valence-electron chi connectivity index (χ2n) is 5.56. The molecule has 1 aromatic rings. The van der Waals surface area contributed by atoms with Crippen LogP contribution in [0.3, 0.4) is 0 Å². The first-order chi connectivity index (χ1) is 8.72. The van der Waals surface area contributed by atoms with E-state index in [1.165, 1.54) is 16.4 Å². The Morgan fingerprint density at radius 2 is 2.05 bits per heavy atom. The first-order valence-corrected chi connectivity index (χ1v) is 7.68. The molecular formula is C13H19FN2O2S. The highest BCUT2D eigenvalue weighted by Crippen LogP contribution is 2.23. The van der Waals surface area contributed by atoms with Gasteiger partial charge >= 0.3 is 0 Å². The number of hydrogen-bond donors (Lipinski definition) is 1. The minimum Gasteiger partial charge on any atom is -0.309 e. The van der Waals surface area contributed by atoms with Crippen molar-refractivity contribution >= 4 is 10.0 Å². The molecule has 0 saturated carbocycles. The number of hydrogen-bond acceptors (Lipinski definition) is 3. The second-order valence-corrected chi connectivity index (χ2v) is 7.47. The summed E-state index contributed by atoms with van der Waals surface area (Å²) in [6, 6.07) is 3.87. The summed E-state index contributed by atoms with van der Waals surface area (Å²) in [6.45, 7) is 6.97. The van der Waals surface area contributed by atoms with Crippen molar-refractivity contribution < 1.29 is 12.8 Å². The summed E-state index contributed by atoms with van der Waals surface area (Å²) in [5.74, 6) is -0.529. The van der Waals surface area contributed by atoms with Crippen LogP contribution in [-0.2, 0) is 10.0 Å². The average Bonchev–Trinajstić information content (AvgIpc) is 2.31. The maximum absolute atomic E-state index is 13.3. The monoisotopic (exact) mass is 286 g/mol. The molecule has 1 heterocycles. The molecule has 2 rings (SSSR count). The van der Waals surface area contributed by atoms with Crippen LogP contribution in [0.25, 0.3) is 0 Å². The van der Waals surface area contributed by atoms with E-state index in [1.54, 1.807) is 6.92 Å². The van der Waals surface area contributed by atoms with Gasteiger partial charge in [0.1, 0.15) is 5.82 Å². The summed E-state index contributed by atoms with van der Waals surface area (Å²) >= 11 is 0. The largest absolute Gasteiger partial charge is 0.309 e. The fourth-order valence-corrected chi connectivity index (χ4v) is 4.13. The van der Waals surface area contributed by atoms with Crippen LogP contribution in [0.5, 0.6) is 0 Å². The lowest BCUT2D eigenvalue weighted by atomic mass is 10.0. The molecule has 1 fully saturated rings. The van der Waals surface area contributed by atoms with Crippen molar-refractivity contribution in [2.45, 2.75) is 31.2 Å². The van der Waals surface area contributed by atoms with Gasteiger partial charge in [-0.15, -0.1) is 0 Å². The minimum atomic E-state index is -3.63. The third kappa shape index (κ3) is 2.96. The van der Waals surface area contributed by atoms with Crippen LogP contribution in [-0.4, -0.2) is 37.9 Å². The molecule has 0 spiro atoms. The van der Waals surface area contributed by atoms with Gasteiger partial charge in [0.15, 0.2) is 0 Å². The van der Waals surface area contributed by atoms with Crippen LogP contribution >= 0.6 is 0 Å². The van der Waals surface area contributed by atoms with E-state index in [0.29, 0.717) is 25.2 Å². The predicted octanol–water partition coefficient (Wildman–Crippen LogP) is 1.51. The van der Waals surface area contributed by atoms with E-state index in [0.717, 1.165) is 6.07 Å². The standard InChI is InChI=1S/C13H19FN2O2S/c1-10-4-5-11(14)8-12(10)19(17,18)16-7-6-15-13(2,3)9-16/h4-5,8,15H,6-7,9H2,1-3H3. The number of nitrogens with zero attached hydrogens (tertiary/aromatic N) is 1. The van der Waals surface area contributed by atoms with Crippen LogP contribution in [0.2, 0.25) is 0 Å². The van der Waals surface area contributed by atoms with Crippen molar-refractivity contribution in [3.63, 3.8) is 0 Å². The lowest BCUT2D eigenvalue weighted by Gasteiger charge is -2.38. The van der Waals surface area contributed by atoms with E-state index in [1.807, 2.05) is 13.8 Å². The van der Waals surface area contributed by atoms with Crippen molar-refractivity contribution in [2.75, 3.05) is 19.6 Å². The Hall–Kier alpha value is -0.980. The lowest BCUT2D eigenvalue weighted by molar-refractivity contribution is 0.233. The molecule has 0 unspecified atom stereocenters. The van der Waals surface area contributed by atoms with Gasteiger partial charge in [-0.05, 0) is 38.5 Å². The van der Waals surface area contributed by atoms with Crippen LogP contribution in [0.15, 0.2) is 23.1 Å². The van der Waals surface area contributed by atoms with E-state index < -0.39 is 15.8 Å². The fraction of sp³-hybridized carbons (Fsp3) is 0.538. The number of halogens is 1. The Balaban J connectivity index is 2.39. The first kappa shape index (κ1) is 14.4. The van der Waals surface area contributed by atoms with Gasteiger partial charge in [-0.1, -0.05) is 6.07 Å². The van der Waals surface area contributed by atoms with Crippen molar-refractivity contribution in [2.24, 2.45) is 0 Å². The summed E-state index contributed by atoms with van der Waals surface area (Å²) in [5.41, 5.74) is 0.296. The zero-order valence-corrected chi connectivity index (χ0v) is 12.2. The van der Waals surface area contributed by atoms with Gasteiger partial charge in [-0.25, -0.2) is 12.8 Å². The molecule has 0 aromatic heterocycles. The highest BCUT2D eigenvalue weighted by Gasteiger charge is 2.34. The Labute approximate surface area is 113 Å². The van der Waals surface area contributed by atoms with E-state index in [4.69, 9.17) is 0 Å². The van der Waals surface area contributed by atoms with Crippen molar-refractivity contribution in [3.05, 3.63) is 29.6 Å².